The maximum absolute atomic E-state index is 14.8. The fraction of sp³-hybridized carbons (Fsp3) is 0.200. The van der Waals surface area contributed by atoms with Crippen molar-refractivity contribution in [3.8, 4) is 0 Å². The van der Waals surface area contributed by atoms with Crippen LogP contribution in [0.1, 0.15) is 11.1 Å². The summed E-state index contributed by atoms with van der Waals surface area (Å²) in [6.45, 7) is -0.299. The van der Waals surface area contributed by atoms with Crippen molar-refractivity contribution in [1.82, 2.24) is 0 Å². The van der Waals surface area contributed by atoms with E-state index in [9.17, 15) is 13.2 Å². The summed E-state index contributed by atoms with van der Waals surface area (Å²) in [5, 5.41) is 0. The summed E-state index contributed by atoms with van der Waals surface area (Å²) in [7, 11) is 0. The summed E-state index contributed by atoms with van der Waals surface area (Å²) >= 11 is 0. The first kappa shape index (κ1) is 13.6. The van der Waals surface area contributed by atoms with E-state index in [0.717, 1.165) is 6.07 Å². The molecule has 2 aromatic carbocycles. The van der Waals surface area contributed by atoms with Crippen LogP contribution in [0.5, 0.6) is 0 Å². The van der Waals surface area contributed by atoms with Crippen LogP contribution in [0.25, 0.3) is 0 Å². The molecule has 0 bridgehead atoms. The smallest absolute Gasteiger partial charge is 0.162 e. The Morgan fingerprint density at radius 3 is 2.26 bits per heavy atom. The van der Waals surface area contributed by atoms with Gasteiger partial charge >= 0.3 is 0 Å². The number of alkyl halides is 1. The Kier molecular flexibility index (Phi) is 3.90. The monoisotopic (exact) mass is 265 g/mol. The lowest BCUT2D eigenvalue weighted by atomic mass is 9.89. The number of hydrogen-bond acceptors (Lipinski definition) is 1. The van der Waals surface area contributed by atoms with Crippen LogP contribution >= 0.6 is 0 Å². The topological polar surface area (TPSA) is 26.0 Å². The number of rotatable bonds is 4. The molecule has 0 radical (unpaired) electrons. The van der Waals surface area contributed by atoms with Gasteiger partial charge in [0.15, 0.2) is 17.3 Å². The molecule has 0 fully saturated rings. The molecule has 0 saturated heterocycles. The van der Waals surface area contributed by atoms with Crippen molar-refractivity contribution in [3.63, 3.8) is 0 Å². The Balaban J connectivity index is 2.36. The quantitative estimate of drug-likeness (QED) is 0.901. The molecule has 0 aliphatic rings. The largest absolute Gasteiger partial charge is 0.327 e. The minimum atomic E-state index is -1.91. The Morgan fingerprint density at radius 1 is 0.947 bits per heavy atom. The summed E-state index contributed by atoms with van der Waals surface area (Å²) in [5.74, 6) is -2.00. The van der Waals surface area contributed by atoms with E-state index in [0.29, 0.717) is 5.56 Å². The Bertz CT molecular complexity index is 557. The highest BCUT2D eigenvalue weighted by Gasteiger charge is 2.32. The van der Waals surface area contributed by atoms with Crippen molar-refractivity contribution in [2.24, 2.45) is 5.73 Å². The molecule has 2 rings (SSSR count). The first-order valence-corrected chi connectivity index (χ1v) is 5.94. The van der Waals surface area contributed by atoms with E-state index < -0.39 is 17.3 Å². The molecule has 19 heavy (non-hydrogen) atoms. The SMILES string of the molecule is NCC(F)(Cc1cccc(F)c1F)c1ccccc1. The zero-order valence-corrected chi connectivity index (χ0v) is 10.2. The van der Waals surface area contributed by atoms with Gasteiger partial charge in [-0.25, -0.2) is 13.2 Å². The highest BCUT2D eigenvalue weighted by Crippen LogP contribution is 2.30. The number of nitrogens with two attached hydrogens (primary N) is 1. The highest BCUT2D eigenvalue weighted by molar-refractivity contribution is 5.28. The van der Waals surface area contributed by atoms with E-state index >= 15 is 0 Å². The van der Waals surface area contributed by atoms with Crippen molar-refractivity contribution >= 4 is 0 Å². The van der Waals surface area contributed by atoms with Gasteiger partial charge in [0.2, 0.25) is 0 Å². The normalized spacial score (nSPS) is 14.1. The van der Waals surface area contributed by atoms with Crippen LogP contribution in [0, 0.1) is 11.6 Å². The number of hydrogen-bond donors (Lipinski definition) is 1. The second-order valence-electron chi connectivity index (χ2n) is 4.43. The van der Waals surface area contributed by atoms with Gasteiger partial charge in [-0.2, -0.15) is 0 Å². The second kappa shape index (κ2) is 5.45. The summed E-state index contributed by atoms with van der Waals surface area (Å²) < 4.78 is 41.6. The summed E-state index contributed by atoms with van der Waals surface area (Å²) in [6.07, 6.45) is -0.295. The van der Waals surface area contributed by atoms with Gasteiger partial charge in [0.1, 0.15) is 0 Å². The first-order valence-electron chi connectivity index (χ1n) is 5.94. The average Bonchev–Trinajstić information content (AvgIpc) is 2.45. The maximum atomic E-state index is 14.8. The van der Waals surface area contributed by atoms with E-state index in [2.05, 4.69) is 0 Å². The zero-order valence-electron chi connectivity index (χ0n) is 10.2. The van der Waals surface area contributed by atoms with Crippen molar-refractivity contribution in [2.75, 3.05) is 6.54 Å². The van der Waals surface area contributed by atoms with E-state index in [4.69, 9.17) is 5.73 Å². The van der Waals surface area contributed by atoms with Gasteiger partial charge in [-0.15, -0.1) is 0 Å². The van der Waals surface area contributed by atoms with Gasteiger partial charge < -0.3 is 5.73 Å². The molecular weight excluding hydrogens is 251 g/mol. The van der Waals surface area contributed by atoms with Crippen molar-refractivity contribution in [2.45, 2.75) is 12.1 Å². The minimum absolute atomic E-state index is 0.0168. The van der Waals surface area contributed by atoms with Crippen molar-refractivity contribution in [1.29, 1.82) is 0 Å². The molecule has 100 valence electrons. The van der Waals surface area contributed by atoms with E-state index in [1.54, 1.807) is 30.3 Å². The fourth-order valence-corrected chi connectivity index (χ4v) is 2.02. The molecule has 0 spiro atoms. The van der Waals surface area contributed by atoms with E-state index in [1.165, 1.54) is 12.1 Å². The lowest BCUT2D eigenvalue weighted by molar-refractivity contribution is 0.173. The fourth-order valence-electron chi connectivity index (χ4n) is 2.02. The third-order valence-electron chi connectivity index (χ3n) is 3.12. The molecule has 1 unspecified atom stereocenters. The zero-order chi connectivity index (χ0) is 13.9. The van der Waals surface area contributed by atoms with E-state index in [1.807, 2.05) is 0 Å². The molecular formula is C15H14F3N. The molecule has 0 amide bonds. The molecule has 4 heteroatoms. The molecule has 2 N–H and O–H groups in total. The minimum Gasteiger partial charge on any atom is -0.327 e. The molecule has 1 atom stereocenters. The number of halogens is 3. The Hall–Kier alpha value is -1.81. The van der Waals surface area contributed by atoms with Crippen LogP contribution in [0.4, 0.5) is 13.2 Å². The third kappa shape index (κ3) is 2.79. The summed E-state index contributed by atoms with van der Waals surface area (Å²) in [5.41, 5.74) is 3.92. The van der Waals surface area contributed by atoms with Crippen LogP contribution in [0.2, 0.25) is 0 Å². The molecule has 1 nitrogen and oxygen atoms in total. The highest BCUT2D eigenvalue weighted by atomic mass is 19.2. The van der Waals surface area contributed by atoms with Crippen LogP contribution < -0.4 is 5.73 Å². The molecule has 0 aromatic heterocycles. The van der Waals surface area contributed by atoms with Gasteiger partial charge in [-0.05, 0) is 17.2 Å². The average molecular weight is 265 g/mol. The molecule has 0 aliphatic heterocycles. The number of benzene rings is 2. The van der Waals surface area contributed by atoms with Gasteiger partial charge in [-0.1, -0.05) is 42.5 Å². The Morgan fingerprint density at radius 2 is 1.63 bits per heavy atom. The van der Waals surface area contributed by atoms with Gasteiger partial charge in [-0.3, -0.25) is 0 Å². The lowest BCUT2D eigenvalue weighted by Crippen LogP contribution is -2.33. The Labute approximate surface area is 109 Å². The van der Waals surface area contributed by atoms with Crippen LogP contribution in [-0.4, -0.2) is 6.54 Å². The van der Waals surface area contributed by atoms with Crippen molar-refractivity contribution in [3.05, 3.63) is 71.3 Å². The molecule has 0 aliphatic carbocycles. The standard InChI is InChI=1S/C15H14F3N/c16-13-8-4-5-11(14(13)17)9-15(18,10-19)12-6-2-1-3-7-12/h1-8H,9-10,19H2. The molecule has 0 saturated carbocycles. The van der Waals surface area contributed by atoms with E-state index in [-0.39, 0.29) is 18.5 Å². The maximum Gasteiger partial charge on any atom is 0.162 e. The van der Waals surface area contributed by atoms with Gasteiger partial charge in [0, 0.05) is 13.0 Å². The van der Waals surface area contributed by atoms with Crippen molar-refractivity contribution < 1.29 is 13.2 Å². The lowest BCUT2D eigenvalue weighted by Gasteiger charge is -2.24. The predicted octanol–water partition coefficient (Wildman–Crippen LogP) is 3.33. The van der Waals surface area contributed by atoms with Crippen LogP contribution in [-0.2, 0) is 12.1 Å². The van der Waals surface area contributed by atoms with Gasteiger partial charge in [0.05, 0.1) is 0 Å². The first-order chi connectivity index (χ1) is 9.07. The summed E-state index contributed by atoms with van der Waals surface area (Å²) in [4.78, 5) is 0. The molecule has 2 aromatic rings. The second-order valence-corrected chi connectivity index (χ2v) is 4.43. The van der Waals surface area contributed by atoms with Crippen LogP contribution in [0.15, 0.2) is 48.5 Å². The molecule has 0 heterocycles. The predicted molar refractivity (Wildman–Crippen MR) is 68.3 cm³/mol. The summed E-state index contributed by atoms with van der Waals surface area (Å²) in [6, 6.07) is 12.0. The van der Waals surface area contributed by atoms with Gasteiger partial charge in [0.25, 0.3) is 0 Å². The van der Waals surface area contributed by atoms with Crippen LogP contribution in [0.3, 0.4) is 0 Å². The third-order valence-corrected chi connectivity index (χ3v) is 3.12.